The molecule has 4 N–H and O–H groups in total. The zero-order chi connectivity index (χ0) is 19.4. The second-order valence-electron chi connectivity index (χ2n) is 6.47. The lowest BCUT2D eigenvalue weighted by Gasteiger charge is -2.27. The van der Waals surface area contributed by atoms with Crippen molar-refractivity contribution >= 4 is 17.5 Å². The van der Waals surface area contributed by atoms with Gasteiger partial charge >= 0.3 is 0 Å². The van der Waals surface area contributed by atoms with Crippen LogP contribution in [0.2, 0.25) is 0 Å². The number of hydrogen-bond donors (Lipinski definition) is 3. The molecule has 2 aromatic rings. The summed E-state index contributed by atoms with van der Waals surface area (Å²) in [5, 5.41) is 5.34. The number of aryl methyl sites for hydroxylation is 1. The molecule has 0 aromatic carbocycles. The summed E-state index contributed by atoms with van der Waals surface area (Å²) in [5.74, 6) is -1.45. The smallest absolute Gasteiger partial charge is 0.253 e. The van der Waals surface area contributed by atoms with Crippen LogP contribution >= 0.6 is 0 Å². The number of pyridine rings is 2. The van der Waals surface area contributed by atoms with Crippen LogP contribution in [0.1, 0.15) is 28.0 Å². The summed E-state index contributed by atoms with van der Waals surface area (Å²) in [6, 6.07) is 2.81. The van der Waals surface area contributed by atoms with Gasteiger partial charge in [0.05, 0.1) is 30.1 Å². The summed E-state index contributed by atoms with van der Waals surface area (Å²) < 4.78 is 19.2. The van der Waals surface area contributed by atoms with Gasteiger partial charge in [0.15, 0.2) is 0 Å². The number of anilines is 1. The second kappa shape index (κ2) is 7.67. The van der Waals surface area contributed by atoms with Crippen molar-refractivity contribution in [3.63, 3.8) is 0 Å². The van der Waals surface area contributed by atoms with Gasteiger partial charge in [-0.25, -0.2) is 4.39 Å². The Morgan fingerprint density at radius 3 is 2.81 bits per heavy atom. The molecular formula is C18H20FN5O3. The van der Waals surface area contributed by atoms with Gasteiger partial charge in [0, 0.05) is 31.6 Å². The highest BCUT2D eigenvalue weighted by Gasteiger charge is 2.43. The van der Waals surface area contributed by atoms with Crippen molar-refractivity contribution in [2.75, 3.05) is 18.9 Å². The van der Waals surface area contributed by atoms with Crippen molar-refractivity contribution in [1.82, 2.24) is 20.6 Å². The highest BCUT2D eigenvalue weighted by Crippen LogP contribution is 2.20. The van der Waals surface area contributed by atoms with E-state index in [2.05, 4.69) is 20.6 Å². The van der Waals surface area contributed by atoms with Crippen LogP contribution in [0.3, 0.4) is 0 Å². The fourth-order valence-corrected chi connectivity index (χ4v) is 2.80. The lowest BCUT2D eigenvalue weighted by molar-refractivity contribution is -0.127. The van der Waals surface area contributed by atoms with E-state index in [1.54, 1.807) is 6.92 Å². The summed E-state index contributed by atoms with van der Waals surface area (Å²) in [6.45, 7) is 1.97. The molecule has 1 atom stereocenters. The third kappa shape index (κ3) is 4.20. The second-order valence-corrected chi connectivity index (χ2v) is 6.47. The standard InChI is InChI=1S/C18H20FN5O3/c1-11-4-14(19)15(22-6-11)9-23-17(26)18(2-3-27-10-18)24-16(25)12-5-13(20)8-21-7-12/h4-8H,2-3,9-10,20H2,1H3,(H,23,26)(H,24,25). The number of aromatic nitrogens is 2. The van der Waals surface area contributed by atoms with Crippen LogP contribution in [0.4, 0.5) is 10.1 Å². The van der Waals surface area contributed by atoms with Crippen LogP contribution in [0.25, 0.3) is 0 Å². The minimum absolute atomic E-state index is 0.0180. The van der Waals surface area contributed by atoms with Gasteiger partial charge in [-0.3, -0.25) is 19.6 Å². The van der Waals surface area contributed by atoms with E-state index >= 15 is 0 Å². The molecule has 0 bridgehead atoms. The largest absolute Gasteiger partial charge is 0.397 e. The number of carbonyl (C=O) groups excluding carboxylic acids is 2. The van der Waals surface area contributed by atoms with Crippen molar-refractivity contribution in [3.05, 3.63) is 53.4 Å². The van der Waals surface area contributed by atoms with Crippen LogP contribution in [0.5, 0.6) is 0 Å². The first kappa shape index (κ1) is 18.7. The Morgan fingerprint density at radius 2 is 2.15 bits per heavy atom. The van der Waals surface area contributed by atoms with Gasteiger partial charge in [-0.15, -0.1) is 0 Å². The molecule has 1 saturated heterocycles. The Bertz CT molecular complexity index is 868. The van der Waals surface area contributed by atoms with E-state index < -0.39 is 23.2 Å². The Labute approximate surface area is 155 Å². The SMILES string of the molecule is Cc1cnc(CNC(=O)C2(NC(=O)c3cncc(N)c3)CCOC2)c(F)c1. The summed E-state index contributed by atoms with van der Waals surface area (Å²) in [6.07, 6.45) is 4.59. The van der Waals surface area contributed by atoms with Gasteiger partial charge in [0.2, 0.25) is 5.91 Å². The summed E-state index contributed by atoms with van der Waals surface area (Å²) in [5.41, 5.74) is 5.78. The zero-order valence-corrected chi connectivity index (χ0v) is 14.8. The van der Waals surface area contributed by atoms with Gasteiger partial charge in [0.25, 0.3) is 5.91 Å². The molecule has 8 nitrogen and oxygen atoms in total. The van der Waals surface area contributed by atoms with Gasteiger partial charge in [-0.1, -0.05) is 0 Å². The minimum atomic E-state index is -1.25. The summed E-state index contributed by atoms with van der Waals surface area (Å²) >= 11 is 0. The zero-order valence-electron chi connectivity index (χ0n) is 14.8. The van der Waals surface area contributed by atoms with Gasteiger partial charge in [0.1, 0.15) is 11.4 Å². The van der Waals surface area contributed by atoms with E-state index in [0.717, 1.165) is 0 Å². The Morgan fingerprint density at radius 1 is 1.33 bits per heavy atom. The third-order valence-electron chi connectivity index (χ3n) is 4.30. The van der Waals surface area contributed by atoms with Crippen LogP contribution in [0, 0.1) is 12.7 Å². The monoisotopic (exact) mass is 373 g/mol. The predicted molar refractivity (Wildman–Crippen MR) is 95.1 cm³/mol. The molecule has 27 heavy (non-hydrogen) atoms. The maximum Gasteiger partial charge on any atom is 0.253 e. The van der Waals surface area contributed by atoms with Crippen molar-refractivity contribution < 1.29 is 18.7 Å². The van der Waals surface area contributed by atoms with E-state index in [1.807, 2.05) is 0 Å². The molecule has 1 unspecified atom stereocenters. The molecule has 0 aliphatic carbocycles. The first-order valence-corrected chi connectivity index (χ1v) is 8.40. The highest BCUT2D eigenvalue weighted by molar-refractivity contribution is 5.99. The molecule has 3 rings (SSSR count). The molecule has 2 amide bonds. The molecule has 1 aliphatic heterocycles. The first-order chi connectivity index (χ1) is 12.9. The Kier molecular flexibility index (Phi) is 5.31. The molecule has 0 spiro atoms. The van der Waals surface area contributed by atoms with Gasteiger partial charge in [-0.2, -0.15) is 0 Å². The van der Waals surface area contributed by atoms with E-state index in [9.17, 15) is 14.0 Å². The molecule has 0 saturated carbocycles. The number of nitrogens with two attached hydrogens (primary N) is 1. The molecule has 142 valence electrons. The number of halogens is 1. The van der Waals surface area contributed by atoms with Crippen LogP contribution in [-0.4, -0.2) is 40.5 Å². The van der Waals surface area contributed by atoms with Crippen LogP contribution < -0.4 is 16.4 Å². The van der Waals surface area contributed by atoms with Crippen molar-refractivity contribution in [2.45, 2.75) is 25.4 Å². The summed E-state index contributed by atoms with van der Waals surface area (Å²) in [4.78, 5) is 33.1. The number of hydrogen-bond acceptors (Lipinski definition) is 6. The number of amides is 2. The Hall–Kier alpha value is -3.07. The quantitative estimate of drug-likeness (QED) is 0.710. The number of rotatable bonds is 5. The van der Waals surface area contributed by atoms with Crippen LogP contribution in [-0.2, 0) is 16.1 Å². The minimum Gasteiger partial charge on any atom is -0.397 e. The van der Waals surface area contributed by atoms with Crippen molar-refractivity contribution in [1.29, 1.82) is 0 Å². The average molecular weight is 373 g/mol. The lowest BCUT2D eigenvalue weighted by atomic mass is 9.96. The fourth-order valence-electron chi connectivity index (χ4n) is 2.80. The molecule has 0 radical (unpaired) electrons. The molecule has 3 heterocycles. The summed E-state index contributed by atoms with van der Waals surface area (Å²) in [7, 11) is 0. The van der Waals surface area contributed by atoms with Crippen molar-refractivity contribution in [2.24, 2.45) is 0 Å². The molecule has 9 heteroatoms. The first-order valence-electron chi connectivity index (χ1n) is 8.40. The number of nitrogens with one attached hydrogen (secondary N) is 2. The van der Waals surface area contributed by atoms with E-state index in [1.165, 1.54) is 30.7 Å². The lowest BCUT2D eigenvalue weighted by Crippen LogP contribution is -2.59. The molecule has 1 fully saturated rings. The number of ether oxygens (including phenoxy) is 1. The van der Waals surface area contributed by atoms with E-state index in [4.69, 9.17) is 10.5 Å². The fraction of sp³-hybridized carbons (Fsp3) is 0.333. The van der Waals surface area contributed by atoms with Gasteiger partial charge < -0.3 is 21.1 Å². The van der Waals surface area contributed by atoms with E-state index in [-0.39, 0.29) is 24.4 Å². The van der Waals surface area contributed by atoms with Crippen molar-refractivity contribution in [3.8, 4) is 0 Å². The normalized spacial score (nSPS) is 18.9. The maximum atomic E-state index is 13.9. The predicted octanol–water partition coefficient (Wildman–Crippen LogP) is 0.712. The third-order valence-corrected chi connectivity index (χ3v) is 4.30. The topological polar surface area (TPSA) is 119 Å². The highest BCUT2D eigenvalue weighted by atomic mass is 19.1. The molecule has 1 aliphatic rings. The average Bonchev–Trinajstić information content (AvgIpc) is 3.10. The van der Waals surface area contributed by atoms with Gasteiger partial charge in [-0.05, 0) is 24.6 Å². The van der Waals surface area contributed by atoms with Crippen LogP contribution in [0.15, 0.2) is 30.7 Å². The number of carbonyl (C=O) groups is 2. The van der Waals surface area contributed by atoms with E-state index in [0.29, 0.717) is 24.3 Å². The molecular weight excluding hydrogens is 353 g/mol. The Balaban J connectivity index is 1.71. The number of nitrogen functional groups attached to an aromatic ring is 1. The maximum absolute atomic E-state index is 13.9. The number of nitrogens with zero attached hydrogens (tertiary/aromatic N) is 2. The molecule has 2 aromatic heterocycles.